The maximum absolute atomic E-state index is 13.2. The van der Waals surface area contributed by atoms with E-state index in [0.717, 1.165) is 48.0 Å². The van der Waals surface area contributed by atoms with Crippen LogP contribution in [-0.4, -0.2) is 47.0 Å². The summed E-state index contributed by atoms with van der Waals surface area (Å²) in [6, 6.07) is 6.60. The fourth-order valence-electron chi connectivity index (χ4n) is 3.41. The summed E-state index contributed by atoms with van der Waals surface area (Å²) in [6.07, 6.45) is 1.49. The molecule has 0 aliphatic carbocycles. The molecule has 1 aliphatic heterocycles. The van der Waals surface area contributed by atoms with Crippen LogP contribution in [-0.2, 0) is 17.6 Å². The smallest absolute Gasteiger partial charge is 0.219 e. The molecule has 1 amide bonds. The first-order chi connectivity index (χ1) is 12.5. The van der Waals surface area contributed by atoms with Crippen molar-refractivity contribution in [1.29, 1.82) is 0 Å². The number of nitrogens with zero attached hydrogens (tertiary/aromatic N) is 4. The Morgan fingerprint density at radius 1 is 1.12 bits per heavy atom. The summed E-state index contributed by atoms with van der Waals surface area (Å²) < 4.78 is 13.2. The van der Waals surface area contributed by atoms with Gasteiger partial charge in [-0.25, -0.2) is 14.4 Å². The van der Waals surface area contributed by atoms with Crippen LogP contribution < -0.4 is 4.90 Å². The lowest BCUT2D eigenvalue weighted by molar-refractivity contribution is -0.129. The van der Waals surface area contributed by atoms with Gasteiger partial charge in [-0.2, -0.15) is 0 Å². The Labute approximate surface area is 153 Å². The molecule has 1 fully saturated rings. The summed E-state index contributed by atoms with van der Waals surface area (Å²) in [5.41, 5.74) is 3.17. The zero-order chi connectivity index (χ0) is 18.7. The average Bonchev–Trinajstić information content (AvgIpc) is 2.64. The molecule has 5 nitrogen and oxygen atoms in total. The minimum Gasteiger partial charge on any atom is -0.353 e. The number of aromatic nitrogens is 2. The number of hydrogen-bond donors (Lipinski definition) is 0. The monoisotopic (exact) mass is 356 g/mol. The van der Waals surface area contributed by atoms with E-state index in [1.165, 1.54) is 12.1 Å². The van der Waals surface area contributed by atoms with E-state index in [4.69, 9.17) is 4.98 Å². The van der Waals surface area contributed by atoms with Crippen LogP contribution >= 0.6 is 0 Å². The molecule has 2 heterocycles. The first-order valence-corrected chi connectivity index (χ1v) is 9.09. The van der Waals surface area contributed by atoms with E-state index in [1.54, 1.807) is 6.92 Å². The molecule has 0 unspecified atom stereocenters. The molecule has 0 bridgehead atoms. The van der Waals surface area contributed by atoms with Crippen LogP contribution in [0, 0.1) is 12.7 Å². The van der Waals surface area contributed by atoms with Crippen molar-refractivity contribution in [2.75, 3.05) is 31.1 Å². The molecule has 2 aromatic rings. The second-order valence-corrected chi connectivity index (χ2v) is 6.67. The molecule has 138 valence electrons. The van der Waals surface area contributed by atoms with Gasteiger partial charge in [0.2, 0.25) is 5.91 Å². The Balaban J connectivity index is 1.92. The van der Waals surface area contributed by atoms with Gasteiger partial charge in [0.05, 0.1) is 0 Å². The maximum Gasteiger partial charge on any atom is 0.219 e. The topological polar surface area (TPSA) is 49.3 Å². The van der Waals surface area contributed by atoms with Gasteiger partial charge in [-0.1, -0.05) is 19.1 Å². The van der Waals surface area contributed by atoms with Gasteiger partial charge in [0, 0.05) is 50.8 Å². The van der Waals surface area contributed by atoms with Crippen molar-refractivity contribution in [2.45, 2.75) is 33.6 Å². The number of anilines is 1. The fourth-order valence-corrected chi connectivity index (χ4v) is 3.41. The number of hydrogen-bond acceptors (Lipinski definition) is 4. The predicted molar refractivity (Wildman–Crippen MR) is 99.8 cm³/mol. The van der Waals surface area contributed by atoms with Crippen molar-refractivity contribution < 1.29 is 9.18 Å². The molecular weight excluding hydrogens is 331 g/mol. The summed E-state index contributed by atoms with van der Waals surface area (Å²) in [5, 5.41) is 0. The fraction of sp³-hybridized carbons (Fsp3) is 0.450. The van der Waals surface area contributed by atoms with Crippen molar-refractivity contribution in [2.24, 2.45) is 0 Å². The third-order valence-electron chi connectivity index (χ3n) is 4.84. The number of amides is 1. The molecule has 0 saturated carbocycles. The molecule has 0 atom stereocenters. The number of piperazine rings is 1. The van der Waals surface area contributed by atoms with Gasteiger partial charge < -0.3 is 9.80 Å². The lowest BCUT2D eigenvalue weighted by Gasteiger charge is -2.36. The number of carbonyl (C=O) groups excluding carboxylic acids is 1. The second-order valence-electron chi connectivity index (χ2n) is 6.67. The summed E-state index contributed by atoms with van der Waals surface area (Å²) in [5.74, 6) is 1.59. The van der Waals surface area contributed by atoms with Crippen molar-refractivity contribution in [1.82, 2.24) is 14.9 Å². The van der Waals surface area contributed by atoms with E-state index in [1.807, 2.05) is 24.0 Å². The van der Waals surface area contributed by atoms with Crippen LogP contribution in [0.2, 0.25) is 0 Å². The summed E-state index contributed by atoms with van der Waals surface area (Å²) >= 11 is 0. The highest BCUT2D eigenvalue weighted by Gasteiger charge is 2.23. The first-order valence-electron chi connectivity index (χ1n) is 9.09. The molecule has 26 heavy (non-hydrogen) atoms. The van der Waals surface area contributed by atoms with Gasteiger partial charge in [0.25, 0.3) is 0 Å². The van der Waals surface area contributed by atoms with E-state index in [-0.39, 0.29) is 11.7 Å². The van der Waals surface area contributed by atoms with Gasteiger partial charge in [-0.3, -0.25) is 4.79 Å². The number of rotatable bonds is 4. The van der Waals surface area contributed by atoms with E-state index < -0.39 is 0 Å². The molecule has 0 radical (unpaired) electrons. The first kappa shape index (κ1) is 18.3. The lowest BCUT2D eigenvalue weighted by Crippen LogP contribution is -2.48. The Hall–Kier alpha value is -2.50. The van der Waals surface area contributed by atoms with Crippen molar-refractivity contribution in [3.8, 4) is 0 Å². The van der Waals surface area contributed by atoms with Crippen molar-refractivity contribution in [3.63, 3.8) is 0 Å². The Kier molecular flexibility index (Phi) is 5.49. The van der Waals surface area contributed by atoms with E-state index in [2.05, 4.69) is 16.8 Å². The Bertz CT molecular complexity index is 783. The minimum atomic E-state index is -0.231. The third kappa shape index (κ3) is 4.00. The van der Waals surface area contributed by atoms with Crippen LogP contribution in [0.5, 0.6) is 0 Å². The molecule has 0 N–H and O–H groups in total. The summed E-state index contributed by atoms with van der Waals surface area (Å²) in [4.78, 5) is 25.0. The van der Waals surface area contributed by atoms with E-state index in [9.17, 15) is 9.18 Å². The molecular formula is C20H25FN4O. The number of carbonyl (C=O) groups is 1. The third-order valence-corrected chi connectivity index (χ3v) is 4.84. The quantitative estimate of drug-likeness (QED) is 0.845. The molecule has 0 spiro atoms. The zero-order valence-electron chi connectivity index (χ0n) is 15.6. The van der Waals surface area contributed by atoms with Crippen LogP contribution in [0.25, 0.3) is 0 Å². The molecule has 1 aromatic heterocycles. The Morgan fingerprint density at radius 2 is 1.77 bits per heavy atom. The Morgan fingerprint density at radius 3 is 2.35 bits per heavy atom. The molecule has 6 heteroatoms. The van der Waals surface area contributed by atoms with Gasteiger partial charge in [-0.15, -0.1) is 0 Å². The molecule has 3 rings (SSSR count). The van der Waals surface area contributed by atoms with E-state index in [0.29, 0.717) is 19.5 Å². The van der Waals surface area contributed by atoms with Gasteiger partial charge in [-0.05, 0) is 31.0 Å². The predicted octanol–water partition coefficient (Wildman–Crippen LogP) is 2.75. The van der Waals surface area contributed by atoms with Crippen LogP contribution in [0.1, 0.15) is 36.5 Å². The average molecular weight is 356 g/mol. The highest BCUT2D eigenvalue weighted by atomic mass is 19.1. The van der Waals surface area contributed by atoms with Crippen molar-refractivity contribution >= 4 is 11.7 Å². The number of benzene rings is 1. The largest absolute Gasteiger partial charge is 0.353 e. The summed E-state index contributed by atoms with van der Waals surface area (Å²) in [7, 11) is 0. The van der Waals surface area contributed by atoms with Crippen LogP contribution in [0.3, 0.4) is 0 Å². The van der Waals surface area contributed by atoms with E-state index >= 15 is 0 Å². The normalized spacial score (nSPS) is 14.6. The standard InChI is InChI=1S/C20H25FN4O/c1-4-19-18(13-16-5-7-17(21)8-6-16)20(23-14(2)22-19)25-11-9-24(10-12-25)15(3)26/h5-8H,4,9-13H2,1-3H3. The molecule has 1 saturated heterocycles. The van der Waals surface area contributed by atoms with Crippen LogP contribution in [0.4, 0.5) is 10.2 Å². The minimum absolute atomic E-state index is 0.115. The van der Waals surface area contributed by atoms with Crippen molar-refractivity contribution in [3.05, 3.63) is 52.7 Å². The maximum atomic E-state index is 13.2. The van der Waals surface area contributed by atoms with Gasteiger partial charge in [0.15, 0.2) is 0 Å². The molecule has 1 aliphatic rings. The zero-order valence-corrected chi connectivity index (χ0v) is 15.6. The highest BCUT2D eigenvalue weighted by molar-refractivity contribution is 5.73. The second kappa shape index (κ2) is 7.81. The summed E-state index contributed by atoms with van der Waals surface area (Å²) in [6.45, 7) is 8.54. The molecule has 1 aromatic carbocycles. The number of halogens is 1. The van der Waals surface area contributed by atoms with Gasteiger partial charge >= 0.3 is 0 Å². The van der Waals surface area contributed by atoms with Crippen LogP contribution in [0.15, 0.2) is 24.3 Å². The lowest BCUT2D eigenvalue weighted by atomic mass is 10.0. The van der Waals surface area contributed by atoms with Gasteiger partial charge in [0.1, 0.15) is 17.5 Å². The SMILES string of the molecule is CCc1nc(C)nc(N2CCN(C(C)=O)CC2)c1Cc1ccc(F)cc1. The highest BCUT2D eigenvalue weighted by Crippen LogP contribution is 2.26. The number of aryl methyl sites for hydroxylation is 2.